The minimum atomic E-state index is -1.27. The molecule has 3 rings (SSSR count). The lowest BCUT2D eigenvalue weighted by atomic mass is 9.96. The van der Waals surface area contributed by atoms with E-state index in [-0.39, 0.29) is 18.2 Å². The van der Waals surface area contributed by atoms with Gasteiger partial charge in [0.2, 0.25) is 0 Å². The van der Waals surface area contributed by atoms with Crippen LogP contribution in [0.15, 0.2) is 60.7 Å². The molecule has 3 aromatic rings. The highest BCUT2D eigenvalue weighted by molar-refractivity contribution is 5.95. The Hall–Kier alpha value is -3.71. The number of carboxylic acids is 1. The monoisotopic (exact) mass is 448 g/mol. The molecule has 2 aromatic carbocycles. The van der Waals surface area contributed by atoms with Gasteiger partial charge in [-0.15, -0.1) is 0 Å². The van der Waals surface area contributed by atoms with Crippen LogP contribution in [0, 0.1) is 5.82 Å². The predicted molar refractivity (Wildman–Crippen MR) is 124 cm³/mol. The zero-order valence-electron chi connectivity index (χ0n) is 18.4. The van der Waals surface area contributed by atoms with Crippen molar-refractivity contribution in [2.24, 2.45) is 0 Å². The number of halogens is 1. The zero-order chi connectivity index (χ0) is 24.0. The molecule has 0 saturated carbocycles. The smallest absolute Gasteiger partial charge is 0.305 e. The number of carbonyl (C=O) groups excluding carboxylic acids is 1. The number of carboxylic acid groups (broad SMARTS) is 1. The van der Waals surface area contributed by atoms with Crippen LogP contribution in [0.5, 0.6) is 0 Å². The van der Waals surface area contributed by atoms with E-state index in [9.17, 15) is 19.1 Å². The Labute approximate surface area is 191 Å². The summed E-state index contributed by atoms with van der Waals surface area (Å²) >= 11 is 0. The van der Waals surface area contributed by atoms with Crippen LogP contribution >= 0.6 is 0 Å². The van der Waals surface area contributed by atoms with Crippen molar-refractivity contribution >= 4 is 17.8 Å². The molecule has 0 spiro atoms. The van der Waals surface area contributed by atoms with Crippen LogP contribution in [0.2, 0.25) is 0 Å². The second-order valence-electron chi connectivity index (χ2n) is 7.98. The molecule has 0 bridgehead atoms. The van der Waals surface area contributed by atoms with Gasteiger partial charge in [-0.25, -0.2) is 14.4 Å². The van der Waals surface area contributed by atoms with Gasteiger partial charge in [0.15, 0.2) is 11.6 Å². The minimum absolute atomic E-state index is 0.0120. The standard InChI is InChI=1S/C26H25FN2O4/c1-16(2)24-22(13-12-20(30)14-21(31)15-23(32)33)25(17-8-10-19(27)11-9-17)29-26(28-24)18-6-4-3-5-7-18/h3-13,16,21,31H,14-15H2,1-2H3,(H,32,33)/b13-12+. The molecule has 0 saturated heterocycles. The van der Waals surface area contributed by atoms with Crippen LogP contribution in [0.3, 0.4) is 0 Å². The molecule has 1 unspecified atom stereocenters. The number of hydrogen-bond acceptors (Lipinski definition) is 5. The van der Waals surface area contributed by atoms with Gasteiger partial charge in [0.05, 0.1) is 23.9 Å². The summed E-state index contributed by atoms with van der Waals surface area (Å²) in [7, 11) is 0. The molecule has 33 heavy (non-hydrogen) atoms. The molecule has 1 aromatic heterocycles. The molecule has 0 aliphatic carbocycles. The normalized spacial score (nSPS) is 12.3. The van der Waals surface area contributed by atoms with Crippen LogP contribution in [-0.4, -0.2) is 38.0 Å². The van der Waals surface area contributed by atoms with E-state index < -0.39 is 24.3 Å². The number of aliphatic hydroxyl groups excluding tert-OH is 1. The number of aromatic nitrogens is 2. The SMILES string of the molecule is CC(C)c1nc(-c2ccccc2)nc(-c2ccc(F)cc2)c1/C=C/C(=O)CC(O)CC(=O)O. The Balaban J connectivity index is 2.09. The van der Waals surface area contributed by atoms with Crippen molar-refractivity contribution in [1.82, 2.24) is 9.97 Å². The fourth-order valence-corrected chi connectivity index (χ4v) is 3.39. The topological polar surface area (TPSA) is 100 Å². The number of aliphatic carboxylic acids is 1. The molecule has 0 amide bonds. The Morgan fingerprint density at radius 3 is 2.24 bits per heavy atom. The highest BCUT2D eigenvalue weighted by Gasteiger charge is 2.18. The van der Waals surface area contributed by atoms with Crippen molar-refractivity contribution in [3.63, 3.8) is 0 Å². The van der Waals surface area contributed by atoms with E-state index >= 15 is 0 Å². The summed E-state index contributed by atoms with van der Waals surface area (Å²) in [5, 5.41) is 18.5. The highest BCUT2D eigenvalue weighted by atomic mass is 19.1. The van der Waals surface area contributed by atoms with E-state index in [1.165, 1.54) is 18.2 Å². The van der Waals surface area contributed by atoms with Crippen molar-refractivity contribution in [2.45, 2.75) is 38.7 Å². The average molecular weight is 448 g/mol. The Morgan fingerprint density at radius 2 is 1.64 bits per heavy atom. The van der Waals surface area contributed by atoms with Gasteiger partial charge in [-0.1, -0.05) is 44.2 Å². The van der Waals surface area contributed by atoms with Crippen molar-refractivity contribution in [3.05, 3.63) is 77.7 Å². The molecule has 7 heteroatoms. The maximum atomic E-state index is 13.6. The number of nitrogens with zero attached hydrogens (tertiary/aromatic N) is 2. The first-order valence-electron chi connectivity index (χ1n) is 10.6. The van der Waals surface area contributed by atoms with Crippen molar-refractivity contribution in [2.75, 3.05) is 0 Å². The quantitative estimate of drug-likeness (QED) is 0.453. The number of hydrogen-bond donors (Lipinski definition) is 2. The van der Waals surface area contributed by atoms with Gasteiger partial charge in [-0.2, -0.15) is 0 Å². The zero-order valence-corrected chi connectivity index (χ0v) is 18.4. The molecular formula is C26H25FN2O4. The minimum Gasteiger partial charge on any atom is -0.481 e. The lowest BCUT2D eigenvalue weighted by Crippen LogP contribution is -2.16. The maximum Gasteiger partial charge on any atom is 0.305 e. The Morgan fingerprint density at radius 1 is 0.970 bits per heavy atom. The van der Waals surface area contributed by atoms with Gasteiger partial charge in [0, 0.05) is 23.1 Å². The molecule has 0 fully saturated rings. The lowest BCUT2D eigenvalue weighted by molar-refractivity contribution is -0.139. The third kappa shape index (κ3) is 6.40. The van der Waals surface area contributed by atoms with E-state index in [2.05, 4.69) is 0 Å². The van der Waals surface area contributed by atoms with Crippen LogP contribution in [0.25, 0.3) is 28.7 Å². The summed E-state index contributed by atoms with van der Waals surface area (Å²) in [5.41, 5.74) is 3.35. The molecule has 0 aliphatic rings. The molecule has 6 nitrogen and oxygen atoms in total. The number of allylic oxidation sites excluding steroid dienone is 1. The average Bonchev–Trinajstić information content (AvgIpc) is 2.77. The molecule has 2 N–H and O–H groups in total. The van der Waals surface area contributed by atoms with Crippen molar-refractivity contribution in [1.29, 1.82) is 0 Å². The van der Waals surface area contributed by atoms with Crippen LogP contribution in [0.1, 0.15) is 43.9 Å². The highest BCUT2D eigenvalue weighted by Crippen LogP contribution is 2.31. The van der Waals surface area contributed by atoms with E-state index in [0.29, 0.717) is 28.3 Å². The summed E-state index contributed by atoms with van der Waals surface area (Å²) in [4.78, 5) is 32.6. The maximum absolute atomic E-state index is 13.6. The van der Waals surface area contributed by atoms with E-state index in [4.69, 9.17) is 15.1 Å². The summed E-state index contributed by atoms with van der Waals surface area (Å²) in [6.07, 6.45) is 0.794. The van der Waals surface area contributed by atoms with Crippen molar-refractivity contribution in [3.8, 4) is 22.6 Å². The van der Waals surface area contributed by atoms with Gasteiger partial charge in [0.25, 0.3) is 0 Å². The third-order valence-corrected chi connectivity index (χ3v) is 4.95. The first-order valence-corrected chi connectivity index (χ1v) is 10.6. The number of carbonyl (C=O) groups is 2. The third-order valence-electron chi connectivity index (χ3n) is 4.95. The van der Waals surface area contributed by atoms with E-state index in [1.54, 1.807) is 18.2 Å². The van der Waals surface area contributed by atoms with Crippen LogP contribution in [-0.2, 0) is 9.59 Å². The molecule has 0 aliphatic heterocycles. The summed E-state index contributed by atoms with van der Waals surface area (Å²) in [6.45, 7) is 3.95. The van der Waals surface area contributed by atoms with E-state index in [0.717, 1.165) is 5.56 Å². The number of benzene rings is 2. The number of rotatable bonds is 9. The second kappa shape index (κ2) is 10.7. The van der Waals surface area contributed by atoms with Gasteiger partial charge in [-0.05, 0) is 42.3 Å². The lowest BCUT2D eigenvalue weighted by Gasteiger charge is -2.16. The summed E-state index contributed by atoms with van der Waals surface area (Å²) in [5.74, 6) is -1.47. The summed E-state index contributed by atoms with van der Waals surface area (Å²) < 4.78 is 13.6. The van der Waals surface area contributed by atoms with Gasteiger partial charge in [0.1, 0.15) is 5.82 Å². The fourth-order valence-electron chi connectivity index (χ4n) is 3.39. The van der Waals surface area contributed by atoms with E-state index in [1.807, 2.05) is 44.2 Å². The van der Waals surface area contributed by atoms with Crippen LogP contribution < -0.4 is 0 Å². The van der Waals surface area contributed by atoms with Gasteiger partial charge in [-0.3, -0.25) is 9.59 Å². The van der Waals surface area contributed by atoms with Crippen LogP contribution in [0.4, 0.5) is 4.39 Å². The Bertz CT molecular complexity index is 1160. The molecule has 170 valence electrons. The summed E-state index contributed by atoms with van der Waals surface area (Å²) in [6, 6.07) is 15.4. The molecule has 0 radical (unpaired) electrons. The first-order chi connectivity index (χ1) is 15.7. The van der Waals surface area contributed by atoms with Crippen molar-refractivity contribution < 1.29 is 24.2 Å². The number of aliphatic hydroxyl groups is 1. The number of ketones is 1. The predicted octanol–water partition coefficient (Wildman–Crippen LogP) is 4.88. The first kappa shape index (κ1) is 23.9. The molecule has 1 heterocycles. The molecular weight excluding hydrogens is 423 g/mol. The second-order valence-corrected chi connectivity index (χ2v) is 7.98. The Kier molecular flexibility index (Phi) is 7.79. The van der Waals surface area contributed by atoms with Gasteiger partial charge < -0.3 is 10.2 Å². The van der Waals surface area contributed by atoms with Gasteiger partial charge >= 0.3 is 5.97 Å². The largest absolute Gasteiger partial charge is 0.481 e. The fraction of sp³-hybridized carbons (Fsp3) is 0.231. The molecule has 1 atom stereocenters.